The highest BCUT2D eigenvalue weighted by molar-refractivity contribution is 7.90. The van der Waals surface area contributed by atoms with Crippen molar-refractivity contribution in [2.75, 3.05) is 40.0 Å². The third-order valence-corrected chi connectivity index (χ3v) is 5.71. The predicted molar refractivity (Wildman–Crippen MR) is 99.7 cm³/mol. The Labute approximate surface area is 159 Å². The molecule has 148 valence electrons. The first-order valence-electron chi connectivity index (χ1n) is 8.56. The van der Waals surface area contributed by atoms with Crippen LogP contribution in [0.1, 0.15) is 12.5 Å². The van der Waals surface area contributed by atoms with E-state index in [0.29, 0.717) is 12.1 Å². The highest BCUT2D eigenvalue weighted by Crippen LogP contribution is 2.16. The lowest BCUT2D eigenvalue weighted by Crippen LogP contribution is -2.61. The molecular formula is C18H25N3O5S. The number of piperazine rings is 1. The Hall–Kier alpha value is -2.42. The van der Waals surface area contributed by atoms with Crippen molar-refractivity contribution in [3.63, 3.8) is 0 Å². The van der Waals surface area contributed by atoms with Gasteiger partial charge in [-0.3, -0.25) is 14.4 Å². The minimum absolute atomic E-state index is 0.0569. The van der Waals surface area contributed by atoms with Crippen LogP contribution < -0.4 is 0 Å². The average Bonchev–Trinajstić information content (AvgIpc) is 2.60. The molecule has 0 unspecified atom stereocenters. The summed E-state index contributed by atoms with van der Waals surface area (Å²) in [5.41, 5.74) is 0.664. The fourth-order valence-corrected chi connectivity index (χ4v) is 3.64. The summed E-state index contributed by atoms with van der Waals surface area (Å²) >= 11 is 0. The van der Waals surface area contributed by atoms with E-state index in [4.69, 9.17) is 0 Å². The molecule has 0 saturated carbocycles. The lowest BCUT2D eigenvalue weighted by atomic mass is 10.1. The van der Waals surface area contributed by atoms with Crippen LogP contribution in [0.3, 0.4) is 0 Å². The minimum atomic E-state index is -3.30. The van der Waals surface area contributed by atoms with E-state index in [1.807, 2.05) is 0 Å². The van der Waals surface area contributed by atoms with Crippen LogP contribution in [0.25, 0.3) is 0 Å². The highest BCUT2D eigenvalue weighted by atomic mass is 32.2. The Balaban J connectivity index is 2.17. The standard InChI is InChI=1S/C18H25N3O5S/c1-13(22)20-9-10-21(16(12-20)18(24)19(2)3)17(23)11-14-5-7-15(8-6-14)27(4,25)26/h5-8,16H,9-12H2,1-4H3/t16-/m1/s1. The Morgan fingerprint density at radius 2 is 1.70 bits per heavy atom. The minimum Gasteiger partial charge on any atom is -0.347 e. The van der Waals surface area contributed by atoms with Gasteiger partial charge >= 0.3 is 0 Å². The van der Waals surface area contributed by atoms with Gasteiger partial charge < -0.3 is 14.7 Å². The van der Waals surface area contributed by atoms with Gasteiger partial charge in [-0.2, -0.15) is 0 Å². The molecule has 1 fully saturated rings. The third-order valence-electron chi connectivity index (χ3n) is 4.58. The lowest BCUT2D eigenvalue weighted by molar-refractivity contribution is -0.150. The molecule has 1 atom stereocenters. The van der Waals surface area contributed by atoms with E-state index < -0.39 is 15.9 Å². The zero-order valence-electron chi connectivity index (χ0n) is 16.0. The van der Waals surface area contributed by atoms with Crippen molar-refractivity contribution in [3.8, 4) is 0 Å². The second-order valence-electron chi connectivity index (χ2n) is 6.89. The number of hydrogen-bond donors (Lipinski definition) is 0. The molecule has 1 saturated heterocycles. The number of sulfone groups is 1. The van der Waals surface area contributed by atoms with Gasteiger partial charge in [-0.15, -0.1) is 0 Å². The fourth-order valence-electron chi connectivity index (χ4n) is 3.01. The van der Waals surface area contributed by atoms with Crippen LogP contribution in [0.2, 0.25) is 0 Å². The zero-order valence-corrected chi connectivity index (χ0v) is 16.8. The van der Waals surface area contributed by atoms with Gasteiger partial charge in [-0.25, -0.2) is 8.42 Å². The zero-order chi connectivity index (χ0) is 20.4. The Bertz CT molecular complexity index is 833. The summed E-state index contributed by atoms with van der Waals surface area (Å²) < 4.78 is 23.1. The van der Waals surface area contributed by atoms with Gasteiger partial charge in [0.25, 0.3) is 0 Å². The first-order chi connectivity index (χ1) is 12.5. The largest absolute Gasteiger partial charge is 0.347 e. The number of carbonyl (C=O) groups excluding carboxylic acids is 3. The quantitative estimate of drug-likeness (QED) is 0.702. The number of hydrogen-bond acceptors (Lipinski definition) is 5. The molecule has 3 amide bonds. The molecule has 1 aliphatic rings. The van der Waals surface area contributed by atoms with Crippen molar-refractivity contribution < 1.29 is 22.8 Å². The van der Waals surface area contributed by atoms with Crippen LogP contribution in [0.15, 0.2) is 29.2 Å². The van der Waals surface area contributed by atoms with Crippen molar-refractivity contribution in [3.05, 3.63) is 29.8 Å². The van der Waals surface area contributed by atoms with Gasteiger partial charge in [0, 0.05) is 40.4 Å². The molecule has 0 aliphatic carbocycles. The number of nitrogens with zero attached hydrogens (tertiary/aromatic N) is 3. The van der Waals surface area contributed by atoms with Crippen molar-refractivity contribution in [2.45, 2.75) is 24.3 Å². The second kappa shape index (κ2) is 8.08. The molecule has 8 nitrogen and oxygen atoms in total. The molecule has 1 heterocycles. The Morgan fingerprint density at radius 3 is 2.19 bits per heavy atom. The monoisotopic (exact) mass is 395 g/mol. The van der Waals surface area contributed by atoms with Crippen molar-refractivity contribution in [1.82, 2.24) is 14.7 Å². The molecule has 0 bridgehead atoms. The van der Waals surface area contributed by atoms with E-state index in [-0.39, 0.29) is 42.1 Å². The molecule has 2 rings (SSSR count). The van der Waals surface area contributed by atoms with Gasteiger partial charge in [0.05, 0.1) is 17.9 Å². The first kappa shape index (κ1) is 20.9. The third kappa shape index (κ3) is 5.06. The molecule has 1 aliphatic heterocycles. The van der Waals surface area contributed by atoms with Crippen LogP contribution in [-0.4, -0.2) is 86.9 Å². The molecule has 0 radical (unpaired) electrons. The van der Waals surface area contributed by atoms with Crippen LogP contribution in [-0.2, 0) is 30.6 Å². The summed E-state index contributed by atoms with van der Waals surface area (Å²) in [6.07, 6.45) is 1.18. The van der Waals surface area contributed by atoms with Gasteiger partial charge in [-0.05, 0) is 17.7 Å². The van der Waals surface area contributed by atoms with Crippen molar-refractivity contribution in [2.24, 2.45) is 0 Å². The van der Waals surface area contributed by atoms with Gasteiger partial charge in [-0.1, -0.05) is 12.1 Å². The summed E-state index contributed by atoms with van der Waals surface area (Å²) in [5.74, 6) is -0.595. The summed E-state index contributed by atoms with van der Waals surface area (Å²) in [6, 6.07) is 5.41. The molecule has 0 aromatic heterocycles. The average molecular weight is 395 g/mol. The molecule has 27 heavy (non-hydrogen) atoms. The number of benzene rings is 1. The van der Waals surface area contributed by atoms with E-state index in [0.717, 1.165) is 6.26 Å². The molecule has 9 heteroatoms. The van der Waals surface area contributed by atoms with Crippen molar-refractivity contribution >= 4 is 27.6 Å². The predicted octanol–water partition coefficient (Wildman–Crippen LogP) is -0.220. The second-order valence-corrected chi connectivity index (χ2v) is 8.91. The molecule has 0 N–H and O–H groups in total. The van der Waals surface area contributed by atoms with E-state index in [2.05, 4.69) is 0 Å². The summed E-state index contributed by atoms with van der Waals surface area (Å²) in [7, 11) is -0.0699. The summed E-state index contributed by atoms with van der Waals surface area (Å²) in [4.78, 5) is 41.7. The number of likely N-dealkylation sites (N-methyl/N-ethyl adjacent to an activating group) is 1. The van der Waals surface area contributed by atoms with Crippen molar-refractivity contribution in [1.29, 1.82) is 0 Å². The molecule has 1 aromatic rings. The maximum Gasteiger partial charge on any atom is 0.246 e. The Kier molecular flexibility index (Phi) is 6.25. The van der Waals surface area contributed by atoms with Gasteiger partial charge in [0.2, 0.25) is 17.7 Å². The topological polar surface area (TPSA) is 95.1 Å². The fraction of sp³-hybridized carbons (Fsp3) is 0.500. The number of amides is 3. The van der Waals surface area contributed by atoms with E-state index in [1.165, 1.54) is 28.9 Å². The number of carbonyl (C=O) groups is 3. The van der Waals surface area contributed by atoms with E-state index >= 15 is 0 Å². The van der Waals surface area contributed by atoms with Crippen LogP contribution in [0, 0.1) is 0 Å². The van der Waals surface area contributed by atoms with Gasteiger partial charge in [0.15, 0.2) is 9.84 Å². The van der Waals surface area contributed by atoms with Crippen LogP contribution >= 0.6 is 0 Å². The van der Waals surface area contributed by atoms with Crippen LogP contribution in [0.4, 0.5) is 0 Å². The first-order valence-corrected chi connectivity index (χ1v) is 10.4. The number of rotatable bonds is 4. The normalized spacial score (nSPS) is 17.6. The SMILES string of the molecule is CC(=O)N1CCN(C(=O)Cc2ccc(S(C)(=O)=O)cc2)[C@@H](C(=O)N(C)C)C1. The maximum absolute atomic E-state index is 12.8. The summed E-state index contributed by atoms with van der Waals surface area (Å²) in [5, 5.41) is 0. The Morgan fingerprint density at radius 1 is 1.11 bits per heavy atom. The molecule has 1 aromatic carbocycles. The summed E-state index contributed by atoms with van der Waals surface area (Å²) in [6.45, 7) is 2.28. The highest BCUT2D eigenvalue weighted by Gasteiger charge is 2.36. The maximum atomic E-state index is 12.8. The van der Waals surface area contributed by atoms with E-state index in [9.17, 15) is 22.8 Å². The molecular weight excluding hydrogens is 370 g/mol. The van der Waals surface area contributed by atoms with E-state index in [1.54, 1.807) is 31.1 Å². The van der Waals surface area contributed by atoms with Crippen LogP contribution in [0.5, 0.6) is 0 Å². The lowest BCUT2D eigenvalue weighted by Gasteiger charge is -2.41. The smallest absolute Gasteiger partial charge is 0.246 e. The van der Waals surface area contributed by atoms with Gasteiger partial charge in [0.1, 0.15) is 6.04 Å². The molecule has 0 spiro atoms.